The Bertz CT molecular complexity index is 658. The van der Waals surface area contributed by atoms with Crippen molar-refractivity contribution >= 4 is 11.8 Å². The van der Waals surface area contributed by atoms with Crippen molar-refractivity contribution in [3.8, 4) is 0 Å². The summed E-state index contributed by atoms with van der Waals surface area (Å²) in [7, 11) is 0. The fourth-order valence-corrected chi connectivity index (χ4v) is 4.59. The van der Waals surface area contributed by atoms with E-state index >= 15 is 0 Å². The van der Waals surface area contributed by atoms with Crippen molar-refractivity contribution in [1.82, 2.24) is 9.80 Å². The number of hydrogen-bond acceptors (Lipinski definition) is 3. The number of rotatable bonds is 4. The van der Waals surface area contributed by atoms with Gasteiger partial charge in [0.25, 0.3) is 0 Å². The molecule has 1 saturated carbocycles. The van der Waals surface area contributed by atoms with Gasteiger partial charge >= 0.3 is 0 Å². The lowest BCUT2D eigenvalue weighted by Crippen LogP contribution is -2.46. The summed E-state index contributed by atoms with van der Waals surface area (Å²) in [6.07, 6.45) is 3.88. The highest BCUT2D eigenvalue weighted by Crippen LogP contribution is 2.35. The molecule has 1 aromatic rings. The smallest absolute Gasteiger partial charge is 0.227 e. The van der Waals surface area contributed by atoms with Gasteiger partial charge in [-0.2, -0.15) is 0 Å². The average molecular weight is 355 g/mol. The van der Waals surface area contributed by atoms with Crippen LogP contribution in [-0.4, -0.2) is 54.3 Å². The molecule has 1 aliphatic carbocycles. The summed E-state index contributed by atoms with van der Waals surface area (Å²) < 4.78 is 0. The first kappa shape index (κ1) is 17.5. The average Bonchev–Trinajstić information content (AvgIpc) is 3.46. The Labute approximate surface area is 155 Å². The molecule has 5 heteroatoms. The zero-order valence-corrected chi connectivity index (χ0v) is 15.3. The number of piperidine rings is 1. The van der Waals surface area contributed by atoms with E-state index in [2.05, 4.69) is 24.3 Å². The molecule has 1 unspecified atom stereocenters. The molecule has 2 amide bonds. The molecular weight excluding hydrogens is 326 g/mol. The molecule has 26 heavy (non-hydrogen) atoms. The minimum Gasteiger partial charge on any atom is -0.342 e. The maximum atomic E-state index is 13.1. The van der Waals surface area contributed by atoms with E-state index in [1.807, 2.05) is 15.9 Å². The highest BCUT2D eigenvalue weighted by atomic mass is 16.2. The molecule has 1 aromatic carbocycles. The van der Waals surface area contributed by atoms with Crippen LogP contribution in [0.25, 0.3) is 0 Å². The lowest BCUT2D eigenvalue weighted by atomic mass is 9.89. The standard InChI is InChI=1S/C21H29N3O2/c22-11-18-13-24(14-19(18)15-5-2-1-3-6-15)21(26)17-7-4-10-23(12-17)20(25)16-8-9-16/h1-3,5-6,16-19H,4,7-14,22H2/t17?,18-,19+/m1/s1. The molecule has 2 heterocycles. The van der Waals surface area contributed by atoms with Crippen molar-refractivity contribution in [1.29, 1.82) is 0 Å². The summed E-state index contributed by atoms with van der Waals surface area (Å²) in [5, 5.41) is 0. The number of amides is 2. The minimum absolute atomic E-state index is 0.0422. The number of hydrogen-bond donors (Lipinski definition) is 1. The van der Waals surface area contributed by atoms with Crippen LogP contribution in [-0.2, 0) is 9.59 Å². The third-order valence-corrected chi connectivity index (χ3v) is 6.29. The van der Waals surface area contributed by atoms with E-state index in [1.165, 1.54) is 5.56 Å². The van der Waals surface area contributed by atoms with Crippen LogP contribution in [0.4, 0.5) is 0 Å². The van der Waals surface area contributed by atoms with Crippen molar-refractivity contribution in [3.63, 3.8) is 0 Å². The van der Waals surface area contributed by atoms with Crippen LogP contribution < -0.4 is 5.73 Å². The van der Waals surface area contributed by atoms with Crippen LogP contribution in [0.15, 0.2) is 30.3 Å². The van der Waals surface area contributed by atoms with E-state index in [0.717, 1.165) is 45.3 Å². The van der Waals surface area contributed by atoms with Crippen LogP contribution >= 0.6 is 0 Å². The largest absolute Gasteiger partial charge is 0.342 e. The zero-order valence-electron chi connectivity index (χ0n) is 15.3. The Morgan fingerprint density at radius 2 is 1.65 bits per heavy atom. The molecule has 3 fully saturated rings. The molecule has 140 valence electrons. The van der Waals surface area contributed by atoms with E-state index in [1.54, 1.807) is 0 Å². The Balaban J connectivity index is 1.42. The number of nitrogens with zero attached hydrogens (tertiary/aromatic N) is 2. The molecule has 0 spiro atoms. The molecule has 3 atom stereocenters. The van der Waals surface area contributed by atoms with Gasteiger partial charge in [0.2, 0.25) is 11.8 Å². The fourth-order valence-electron chi connectivity index (χ4n) is 4.59. The van der Waals surface area contributed by atoms with E-state index in [0.29, 0.717) is 24.9 Å². The lowest BCUT2D eigenvalue weighted by Gasteiger charge is -2.34. The molecule has 2 aliphatic heterocycles. The first-order chi connectivity index (χ1) is 12.7. The SMILES string of the molecule is NC[C@@H]1CN(C(=O)C2CCCN(C(=O)C3CC3)C2)C[C@H]1c1ccccc1. The van der Waals surface area contributed by atoms with Gasteiger partial charge in [0.05, 0.1) is 5.92 Å². The predicted molar refractivity (Wildman–Crippen MR) is 100 cm³/mol. The maximum Gasteiger partial charge on any atom is 0.227 e. The second kappa shape index (κ2) is 7.39. The molecular formula is C21H29N3O2. The van der Waals surface area contributed by atoms with Gasteiger partial charge in [0.1, 0.15) is 0 Å². The third kappa shape index (κ3) is 3.50. The summed E-state index contributed by atoms with van der Waals surface area (Å²) >= 11 is 0. The van der Waals surface area contributed by atoms with Crippen molar-refractivity contribution in [2.45, 2.75) is 31.6 Å². The molecule has 0 radical (unpaired) electrons. The first-order valence-electron chi connectivity index (χ1n) is 10.00. The molecule has 0 aromatic heterocycles. The van der Waals surface area contributed by atoms with E-state index in [4.69, 9.17) is 5.73 Å². The van der Waals surface area contributed by atoms with Gasteiger partial charge in [-0.15, -0.1) is 0 Å². The van der Waals surface area contributed by atoms with Crippen molar-refractivity contribution in [3.05, 3.63) is 35.9 Å². The van der Waals surface area contributed by atoms with Gasteiger partial charge in [-0.1, -0.05) is 30.3 Å². The highest BCUT2D eigenvalue weighted by molar-refractivity contribution is 5.83. The van der Waals surface area contributed by atoms with Gasteiger partial charge in [-0.25, -0.2) is 0 Å². The van der Waals surface area contributed by atoms with E-state index < -0.39 is 0 Å². The molecule has 0 bridgehead atoms. The van der Waals surface area contributed by atoms with Crippen LogP contribution in [0.1, 0.15) is 37.2 Å². The summed E-state index contributed by atoms with van der Waals surface area (Å²) in [6, 6.07) is 10.4. The highest BCUT2D eigenvalue weighted by Gasteiger charge is 2.40. The first-order valence-corrected chi connectivity index (χ1v) is 10.00. The number of likely N-dealkylation sites (tertiary alicyclic amines) is 2. The second-order valence-electron chi connectivity index (χ2n) is 8.15. The molecule has 3 aliphatic rings. The number of benzene rings is 1. The minimum atomic E-state index is -0.0422. The lowest BCUT2D eigenvalue weighted by molar-refractivity contribution is -0.140. The van der Waals surface area contributed by atoms with Crippen LogP contribution in [0, 0.1) is 17.8 Å². The zero-order chi connectivity index (χ0) is 18.1. The normalized spacial score (nSPS) is 29.0. The quantitative estimate of drug-likeness (QED) is 0.896. The molecule has 5 nitrogen and oxygen atoms in total. The Morgan fingerprint density at radius 1 is 0.923 bits per heavy atom. The van der Waals surface area contributed by atoms with Crippen LogP contribution in [0.2, 0.25) is 0 Å². The topological polar surface area (TPSA) is 66.6 Å². The van der Waals surface area contributed by atoms with Gasteiger partial charge < -0.3 is 15.5 Å². The summed E-state index contributed by atoms with van der Waals surface area (Å²) in [4.78, 5) is 29.5. The predicted octanol–water partition coefficient (Wildman–Crippen LogP) is 1.84. The van der Waals surface area contributed by atoms with Crippen molar-refractivity contribution < 1.29 is 9.59 Å². The molecule has 2 saturated heterocycles. The second-order valence-corrected chi connectivity index (χ2v) is 8.15. The maximum absolute atomic E-state index is 13.1. The van der Waals surface area contributed by atoms with Gasteiger partial charge in [-0.3, -0.25) is 9.59 Å². The summed E-state index contributed by atoms with van der Waals surface area (Å²) in [5.74, 6) is 1.31. The fraction of sp³-hybridized carbons (Fsp3) is 0.619. The Kier molecular flexibility index (Phi) is 4.98. The van der Waals surface area contributed by atoms with Crippen LogP contribution in [0.5, 0.6) is 0 Å². The van der Waals surface area contributed by atoms with Gasteiger partial charge in [0.15, 0.2) is 0 Å². The van der Waals surface area contributed by atoms with Gasteiger partial charge in [0, 0.05) is 38.0 Å². The summed E-state index contributed by atoms with van der Waals surface area (Å²) in [6.45, 7) is 3.51. The summed E-state index contributed by atoms with van der Waals surface area (Å²) in [5.41, 5.74) is 7.28. The monoisotopic (exact) mass is 355 g/mol. The van der Waals surface area contributed by atoms with E-state index in [9.17, 15) is 9.59 Å². The third-order valence-electron chi connectivity index (χ3n) is 6.29. The van der Waals surface area contributed by atoms with Crippen LogP contribution in [0.3, 0.4) is 0 Å². The number of nitrogens with two attached hydrogens (primary N) is 1. The van der Waals surface area contributed by atoms with Crippen molar-refractivity contribution in [2.75, 3.05) is 32.7 Å². The number of carbonyl (C=O) groups is 2. The number of carbonyl (C=O) groups excluding carboxylic acids is 2. The van der Waals surface area contributed by atoms with E-state index in [-0.39, 0.29) is 23.7 Å². The molecule has 4 rings (SSSR count). The van der Waals surface area contributed by atoms with Crippen molar-refractivity contribution in [2.24, 2.45) is 23.5 Å². The Hall–Kier alpha value is -1.88. The van der Waals surface area contributed by atoms with Gasteiger partial charge in [-0.05, 0) is 43.7 Å². The Morgan fingerprint density at radius 3 is 2.35 bits per heavy atom. The molecule has 2 N–H and O–H groups in total.